The summed E-state index contributed by atoms with van der Waals surface area (Å²) in [6, 6.07) is 4.13. The highest BCUT2D eigenvalue weighted by molar-refractivity contribution is 7.07. The van der Waals surface area contributed by atoms with Crippen molar-refractivity contribution in [1.29, 1.82) is 0 Å². The molecule has 0 radical (unpaired) electrons. The molecule has 0 aliphatic heterocycles. The van der Waals surface area contributed by atoms with Crippen LogP contribution in [0.1, 0.15) is 11.3 Å². The fourth-order valence-corrected chi connectivity index (χ4v) is 4.52. The first-order chi connectivity index (χ1) is 18.2. The van der Waals surface area contributed by atoms with Gasteiger partial charge in [-0.05, 0) is 18.2 Å². The number of hydrogen-bond acceptors (Lipinski definition) is 8. The molecule has 2 aromatic carbocycles. The van der Waals surface area contributed by atoms with E-state index in [4.69, 9.17) is 16.7 Å². The molecule has 0 aliphatic rings. The number of rotatable bonds is 8. The quantitative estimate of drug-likeness (QED) is 0.278. The van der Waals surface area contributed by atoms with Gasteiger partial charge in [0.25, 0.3) is 0 Å². The van der Waals surface area contributed by atoms with Crippen molar-refractivity contribution in [2.45, 2.75) is 19.6 Å². The summed E-state index contributed by atoms with van der Waals surface area (Å²) in [7, 11) is 0. The standard InChI is InChI=1S/C23H17ClF3N7O3S/c24-15-5-19-13(7-32(31-19)1-2-35)4-20(15)29-21-30-22(36)34(9-14-10-38-11-28-14)23(37)33(21)8-12-3-17(26)18(27)6-16(12)25/h3-7,10-11,35H,1-2,8-9H2,(H,29,30,36). The lowest BCUT2D eigenvalue weighted by molar-refractivity contribution is 0.270. The average molecular weight is 564 g/mol. The van der Waals surface area contributed by atoms with Gasteiger partial charge < -0.3 is 10.4 Å². The molecule has 0 unspecified atom stereocenters. The molecule has 15 heteroatoms. The minimum absolute atomic E-state index is 0.124. The Morgan fingerprint density at radius 3 is 2.55 bits per heavy atom. The van der Waals surface area contributed by atoms with Gasteiger partial charge in [0.2, 0.25) is 5.95 Å². The fraction of sp³-hybridized carbons (Fsp3) is 0.174. The Balaban J connectivity index is 1.62. The van der Waals surface area contributed by atoms with Gasteiger partial charge in [0.05, 0.1) is 53.7 Å². The molecule has 0 saturated carbocycles. The molecule has 0 amide bonds. The second kappa shape index (κ2) is 10.4. The summed E-state index contributed by atoms with van der Waals surface area (Å²) in [5.41, 5.74) is 0.572. The number of hydrogen-bond donors (Lipinski definition) is 2. The molecule has 10 nitrogen and oxygen atoms in total. The summed E-state index contributed by atoms with van der Waals surface area (Å²) < 4.78 is 45.1. The molecule has 5 aromatic rings. The number of benzene rings is 2. The van der Waals surface area contributed by atoms with Crippen molar-refractivity contribution >= 4 is 45.5 Å². The van der Waals surface area contributed by atoms with E-state index in [0.29, 0.717) is 28.7 Å². The van der Waals surface area contributed by atoms with Crippen molar-refractivity contribution in [3.8, 4) is 0 Å². The largest absolute Gasteiger partial charge is 0.394 e. The maximum absolute atomic E-state index is 14.5. The Hall–Kier alpha value is -4.01. The topological polar surface area (TPSA) is 120 Å². The number of fused-ring (bicyclic) bond motifs is 1. The Morgan fingerprint density at radius 1 is 1.03 bits per heavy atom. The van der Waals surface area contributed by atoms with Crippen LogP contribution in [0.2, 0.25) is 5.02 Å². The van der Waals surface area contributed by atoms with Crippen molar-refractivity contribution in [3.05, 3.63) is 96.1 Å². The van der Waals surface area contributed by atoms with Gasteiger partial charge in [-0.15, -0.1) is 11.3 Å². The normalized spacial score (nSPS) is 11.4. The fourth-order valence-electron chi connectivity index (χ4n) is 3.77. The van der Waals surface area contributed by atoms with Crippen LogP contribution in [0.15, 0.2) is 50.9 Å². The maximum Gasteiger partial charge on any atom is 0.355 e. The number of anilines is 2. The van der Waals surface area contributed by atoms with Crippen LogP contribution in [0, 0.1) is 17.5 Å². The molecular weight excluding hydrogens is 547 g/mol. The molecular formula is C23H17ClF3N7O3S. The van der Waals surface area contributed by atoms with Crippen molar-refractivity contribution in [2.24, 2.45) is 0 Å². The van der Waals surface area contributed by atoms with Gasteiger partial charge in [0, 0.05) is 28.6 Å². The van der Waals surface area contributed by atoms with E-state index < -0.39 is 35.4 Å². The van der Waals surface area contributed by atoms with E-state index in [1.165, 1.54) is 27.6 Å². The minimum atomic E-state index is -1.38. The van der Waals surface area contributed by atoms with Crippen molar-refractivity contribution in [2.75, 3.05) is 11.9 Å². The highest BCUT2D eigenvalue weighted by Gasteiger charge is 2.19. The number of nitrogens with one attached hydrogen (secondary N) is 1. The number of aliphatic hydroxyl groups is 1. The van der Waals surface area contributed by atoms with E-state index in [0.717, 1.165) is 9.13 Å². The Kier molecular flexibility index (Phi) is 7.01. The lowest BCUT2D eigenvalue weighted by atomic mass is 10.2. The first-order valence-corrected chi connectivity index (χ1v) is 12.3. The second-order valence-electron chi connectivity index (χ2n) is 8.14. The zero-order valence-electron chi connectivity index (χ0n) is 19.2. The van der Waals surface area contributed by atoms with Crippen LogP contribution in [0.5, 0.6) is 0 Å². The molecule has 3 heterocycles. The first-order valence-electron chi connectivity index (χ1n) is 11.0. The molecule has 38 heavy (non-hydrogen) atoms. The molecule has 0 spiro atoms. The SMILES string of the molecule is O=c1nc(Nc2cc3cn(CCO)nc3cc2Cl)n(Cc2cc(F)c(F)cc2F)c(=O)n1Cc1cscn1. The summed E-state index contributed by atoms with van der Waals surface area (Å²) >= 11 is 7.67. The van der Waals surface area contributed by atoms with Gasteiger partial charge in [-0.3, -0.25) is 9.25 Å². The van der Waals surface area contributed by atoms with Gasteiger partial charge in [0.15, 0.2) is 11.6 Å². The highest BCUT2D eigenvalue weighted by atomic mass is 35.5. The zero-order chi connectivity index (χ0) is 27.0. The number of nitrogens with zero attached hydrogens (tertiary/aromatic N) is 6. The predicted octanol–water partition coefficient (Wildman–Crippen LogP) is 3.11. The molecule has 0 fully saturated rings. The summed E-state index contributed by atoms with van der Waals surface area (Å²) in [5, 5.41) is 18.7. The molecule has 0 atom stereocenters. The van der Waals surface area contributed by atoms with E-state index in [9.17, 15) is 22.8 Å². The monoisotopic (exact) mass is 563 g/mol. The number of thiazole rings is 1. The van der Waals surface area contributed by atoms with Crippen LogP contribution < -0.4 is 16.7 Å². The lowest BCUT2D eigenvalue weighted by Gasteiger charge is -2.16. The van der Waals surface area contributed by atoms with Gasteiger partial charge in [0.1, 0.15) is 5.82 Å². The number of aromatic nitrogens is 6. The Morgan fingerprint density at radius 2 is 1.82 bits per heavy atom. The molecule has 2 N–H and O–H groups in total. The van der Waals surface area contributed by atoms with Crippen LogP contribution in [0.25, 0.3) is 10.9 Å². The van der Waals surface area contributed by atoms with Crippen LogP contribution >= 0.6 is 22.9 Å². The van der Waals surface area contributed by atoms with E-state index in [-0.39, 0.29) is 41.9 Å². The van der Waals surface area contributed by atoms with Gasteiger partial charge in [-0.25, -0.2) is 32.3 Å². The molecule has 0 bridgehead atoms. The summed E-state index contributed by atoms with van der Waals surface area (Å²) in [5.74, 6) is -4.08. The molecule has 0 aliphatic carbocycles. The summed E-state index contributed by atoms with van der Waals surface area (Å²) in [4.78, 5) is 34.3. The van der Waals surface area contributed by atoms with E-state index >= 15 is 0 Å². The Labute approximate surface area is 220 Å². The third-order valence-corrected chi connectivity index (χ3v) is 6.54. The second-order valence-corrected chi connectivity index (χ2v) is 9.27. The third kappa shape index (κ3) is 5.05. The highest BCUT2D eigenvalue weighted by Crippen LogP contribution is 2.29. The van der Waals surface area contributed by atoms with Crippen LogP contribution in [-0.2, 0) is 19.6 Å². The first kappa shape index (κ1) is 25.6. The average Bonchev–Trinajstić information content (AvgIpc) is 3.52. The summed E-state index contributed by atoms with van der Waals surface area (Å²) in [6.45, 7) is -0.651. The molecule has 3 aromatic heterocycles. The van der Waals surface area contributed by atoms with E-state index in [1.807, 2.05) is 0 Å². The summed E-state index contributed by atoms with van der Waals surface area (Å²) in [6.07, 6.45) is 1.66. The van der Waals surface area contributed by atoms with Gasteiger partial charge in [-0.1, -0.05) is 11.6 Å². The van der Waals surface area contributed by atoms with Gasteiger partial charge in [-0.2, -0.15) is 10.1 Å². The van der Waals surface area contributed by atoms with Crippen LogP contribution in [0.4, 0.5) is 24.8 Å². The predicted molar refractivity (Wildman–Crippen MR) is 135 cm³/mol. The maximum atomic E-state index is 14.5. The van der Waals surface area contributed by atoms with Crippen molar-refractivity contribution in [1.82, 2.24) is 28.9 Å². The van der Waals surface area contributed by atoms with E-state index in [1.54, 1.807) is 17.6 Å². The van der Waals surface area contributed by atoms with Crippen LogP contribution in [-0.4, -0.2) is 40.6 Å². The molecule has 5 rings (SSSR count). The van der Waals surface area contributed by atoms with Crippen molar-refractivity contribution < 1.29 is 18.3 Å². The zero-order valence-corrected chi connectivity index (χ0v) is 20.8. The number of aliphatic hydroxyl groups excluding tert-OH is 1. The van der Waals surface area contributed by atoms with E-state index in [2.05, 4.69) is 20.4 Å². The lowest BCUT2D eigenvalue weighted by Crippen LogP contribution is -2.43. The molecule has 196 valence electrons. The minimum Gasteiger partial charge on any atom is -0.394 e. The van der Waals surface area contributed by atoms with Crippen LogP contribution in [0.3, 0.4) is 0 Å². The smallest absolute Gasteiger partial charge is 0.355 e. The number of halogens is 4. The Bertz CT molecular complexity index is 1770. The van der Waals surface area contributed by atoms with Crippen molar-refractivity contribution in [3.63, 3.8) is 0 Å². The third-order valence-electron chi connectivity index (χ3n) is 5.59. The van der Waals surface area contributed by atoms with Gasteiger partial charge >= 0.3 is 11.4 Å². The molecule has 0 saturated heterocycles.